The zero-order chi connectivity index (χ0) is 20.5. The molecule has 0 N–H and O–H groups in total. The Morgan fingerprint density at radius 2 is 1.74 bits per heavy atom. The number of rotatable bonds is 8. The second kappa shape index (κ2) is 8.26. The molecule has 2 heterocycles. The molecule has 1 aromatic heterocycles. The van der Waals surface area contributed by atoms with Gasteiger partial charge in [-0.25, -0.2) is 0 Å². The second-order valence-electron chi connectivity index (χ2n) is 7.80. The van der Waals surface area contributed by atoms with E-state index in [1.807, 2.05) is 27.7 Å². The molecule has 0 unspecified atom stereocenters. The highest BCUT2D eigenvalue weighted by atomic mass is 31.2. The largest absolute Gasteiger partial charge is 0.498 e. The minimum absolute atomic E-state index is 0.417. The van der Waals surface area contributed by atoms with E-state index in [0.717, 1.165) is 24.7 Å². The summed E-state index contributed by atoms with van der Waals surface area (Å²) in [5.74, 6) is 1.06. The predicted octanol–water partition coefficient (Wildman–Crippen LogP) is 4.90. The summed E-state index contributed by atoms with van der Waals surface area (Å²) in [6, 6.07) is 1.71. The van der Waals surface area contributed by atoms with Crippen molar-refractivity contribution >= 4 is 25.5 Å². The zero-order valence-electron chi connectivity index (χ0n) is 17.8. The van der Waals surface area contributed by atoms with Crippen LogP contribution < -0.4 is 5.30 Å². The maximum Gasteiger partial charge on any atom is 0.498 e. The minimum atomic E-state index is -3.41. The maximum atomic E-state index is 12.8. The Morgan fingerprint density at radius 1 is 1.19 bits per heavy atom. The van der Waals surface area contributed by atoms with Gasteiger partial charge >= 0.3 is 14.7 Å². The number of unbranched alkanes of at least 4 members (excludes halogenated alkanes) is 2. The number of aryl methyl sites for hydroxylation is 1. The highest BCUT2D eigenvalue weighted by molar-refractivity contribution is 7.62. The molecule has 1 aromatic rings. The Morgan fingerprint density at radius 3 is 2.22 bits per heavy atom. The van der Waals surface area contributed by atoms with Crippen LogP contribution >= 0.6 is 7.60 Å². The summed E-state index contributed by atoms with van der Waals surface area (Å²) in [4.78, 5) is 0. The minimum Gasteiger partial charge on any atom is -0.461 e. The quantitative estimate of drug-likeness (QED) is 0.352. The summed E-state index contributed by atoms with van der Waals surface area (Å²) in [5.41, 5.74) is -0.115. The fourth-order valence-corrected chi connectivity index (χ4v) is 4.15. The first kappa shape index (κ1) is 22.4. The van der Waals surface area contributed by atoms with Gasteiger partial charge in [0, 0.05) is 19.7 Å². The van der Waals surface area contributed by atoms with Crippen LogP contribution in [0, 0.1) is 6.92 Å². The van der Waals surface area contributed by atoms with Crippen LogP contribution in [0.3, 0.4) is 0 Å². The SMILES string of the molecule is CCCC/C=C(\B1OC(C)(C)C(C)(C)O1)c1cc(P(=O)(OC)OC)c(C)o1. The Bertz CT molecular complexity index is 713. The highest BCUT2D eigenvalue weighted by Crippen LogP contribution is 2.48. The Balaban J connectivity index is 2.45. The lowest BCUT2D eigenvalue weighted by Gasteiger charge is -2.32. The fraction of sp³-hybridized carbons (Fsp3) is 0.684. The molecule has 1 aliphatic heterocycles. The summed E-state index contributed by atoms with van der Waals surface area (Å²) < 4.78 is 41.4. The van der Waals surface area contributed by atoms with Gasteiger partial charge in [0.1, 0.15) is 16.8 Å². The van der Waals surface area contributed by atoms with E-state index in [4.69, 9.17) is 22.8 Å². The predicted molar refractivity (Wildman–Crippen MR) is 108 cm³/mol. The summed E-state index contributed by atoms with van der Waals surface area (Å²) in [6.07, 6.45) is 5.08. The Labute approximate surface area is 163 Å². The van der Waals surface area contributed by atoms with Crippen molar-refractivity contribution < 1.29 is 27.3 Å². The van der Waals surface area contributed by atoms with Gasteiger partial charge < -0.3 is 22.8 Å². The third-order valence-corrected chi connectivity index (χ3v) is 7.38. The van der Waals surface area contributed by atoms with Crippen molar-refractivity contribution in [1.82, 2.24) is 0 Å². The van der Waals surface area contributed by atoms with Crippen molar-refractivity contribution in [1.29, 1.82) is 0 Å². The molecule has 0 atom stereocenters. The van der Waals surface area contributed by atoms with E-state index in [0.29, 0.717) is 16.8 Å². The van der Waals surface area contributed by atoms with Gasteiger partial charge in [-0.2, -0.15) is 0 Å². The van der Waals surface area contributed by atoms with Crippen molar-refractivity contribution in [2.24, 2.45) is 0 Å². The Hall–Kier alpha value is -0.845. The molecule has 0 saturated carbocycles. The van der Waals surface area contributed by atoms with Crippen molar-refractivity contribution in [2.45, 2.75) is 72.0 Å². The monoisotopic (exact) mass is 398 g/mol. The van der Waals surface area contributed by atoms with Crippen LogP contribution in [0.15, 0.2) is 16.6 Å². The summed E-state index contributed by atoms with van der Waals surface area (Å²) in [6.45, 7) is 11.9. The van der Waals surface area contributed by atoms with Gasteiger partial charge in [0.25, 0.3) is 0 Å². The fourth-order valence-electron chi connectivity index (χ4n) is 2.90. The van der Waals surface area contributed by atoms with Gasteiger partial charge in [-0.3, -0.25) is 4.57 Å². The lowest BCUT2D eigenvalue weighted by molar-refractivity contribution is 0.00578. The molecule has 152 valence electrons. The van der Waals surface area contributed by atoms with E-state index >= 15 is 0 Å². The third kappa shape index (κ3) is 4.43. The smallest absolute Gasteiger partial charge is 0.461 e. The van der Waals surface area contributed by atoms with E-state index in [1.165, 1.54) is 14.2 Å². The molecule has 0 bridgehead atoms. The first-order valence-electron chi connectivity index (χ1n) is 9.40. The number of furan rings is 1. The number of hydrogen-bond acceptors (Lipinski definition) is 6. The molecule has 27 heavy (non-hydrogen) atoms. The molecule has 6 nitrogen and oxygen atoms in total. The van der Waals surface area contributed by atoms with Crippen molar-refractivity contribution in [3.8, 4) is 0 Å². The highest BCUT2D eigenvalue weighted by Gasteiger charge is 2.53. The molecule has 1 aliphatic rings. The molecule has 1 fully saturated rings. The molecule has 8 heteroatoms. The lowest BCUT2D eigenvalue weighted by Crippen LogP contribution is -2.41. The zero-order valence-corrected chi connectivity index (χ0v) is 18.6. The third-order valence-electron chi connectivity index (χ3n) is 5.38. The number of allylic oxidation sites excluding steroid dienone is 1. The first-order chi connectivity index (χ1) is 12.5. The first-order valence-corrected chi connectivity index (χ1v) is 10.9. The van der Waals surface area contributed by atoms with Crippen LogP contribution in [0.25, 0.3) is 5.47 Å². The standard InChI is InChI=1S/C19H32BO6P/c1-9-10-11-12-15(20-25-18(3,4)19(5,6)26-20)16-13-17(14(2)24-16)27(21,22-7)23-8/h12-13H,9-11H2,1-8H3/b15-12-. The van der Waals surface area contributed by atoms with Gasteiger partial charge in [0.05, 0.1) is 11.2 Å². The van der Waals surface area contributed by atoms with E-state index in [2.05, 4.69) is 13.0 Å². The van der Waals surface area contributed by atoms with Crippen LogP contribution in [0.4, 0.5) is 0 Å². The van der Waals surface area contributed by atoms with Gasteiger partial charge in [0.15, 0.2) is 0 Å². The molecule has 0 radical (unpaired) electrons. The van der Waals surface area contributed by atoms with Gasteiger partial charge in [-0.15, -0.1) is 0 Å². The lowest BCUT2D eigenvalue weighted by atomic mass is 9.76. The molecule has 1 saturated heterocycles. The maximum absolute atomic E-state index is 12.8. The summed E-state index contributed by atoms with van der Waals surface area (Å²) in [7, 11) is -1.24. The van der Waals surface area contributed by atoms with Crippen LogP contribution in [-0.4, -0.2) is 32.5 Å². The van der Waals surface area contributed by atoms with Crippen molar-refractivity contribution in [3.05, 3.63) is 23.7 Å². The van der Waals surface area contributed by atoms with E-state index in [9.17, 15) is 4.57 Å². The van der Waals surface area contributed by atoms with Gasteiger partial charge in [0.2, 0.25) is 0 Å². The molecule has 2 rings (SSSR count). The van der Waals surface area contributed by atoms with Gasteiger partial charge in [-0.1, -0.05) is 25.8 Å². The van der Waals surface area contributed by atoms with Crippen LogP contribution in [0.2, 0.25) is 0 Å². The average Bonchev–Trinajstić information content (AvgIpc) is 3.08. The van der Waals surface area contributed by atoms with Gasteiger partial charge in [-0.05, 0) is 47.1 Å². The molecule has 0 amide bonds. The second-order valence-corrected chi connectivity index (χ2v) is 10.0. The van der Waals surface area contributed by atoms with E-state index in [1.54, 1.807) is 13.0 Å². The molecule has 0 aromatic carbocycles. The van der Waals surface area contributed by atoms with Crippen LogP contribution in [0.5, 0.6) is 0 Å². The normalized spacial score (nSPS) is 19.7. The van der Waals surface area contributed by atoms with Crippen LogP contribution in [0.1, 0.15) is 65.4 Å². The average molecular weight is 398 g/mol. The van der Waals surface area contributed by atoms with Crippen LogP contribution in [-0.2, 0) is 22.9 Å². The molecule has 0 aliphatic carbocycles. The molecule has 0 spiro atoms. The Kier molecular flexibility index (Phi) is 6.87. The van der Waals surface area contributed by atoms with E-state index < -0.39 is 25.9 Å². The summed E-state index contributed by atoms with van der Waals surface area (Å²) >= 11 is 0. The topological polar surface area (TPSA) is 67.1 Å². The molecular formula is C19H32BO6P. The number of hydrogen-bond donors (Lipinski definition) is 0. The van der Waals surface area contributed by atoms with E-state index in [-0.39, 0.29) is 0 Å². The van der Waals surface area contributed by atoms with Crippen molar-refractivity contribution in [3.63, 3.8) is 0 Å². The summed E-state index contributed by atoms with van der Waals surface area (Å²) in [5, 5.41) is 0.417. The van der Waals surface area contributed by atoms with Crippen molar-refractivity contribution in [2.75, 3.05) is 14.2 Å². The molecular weight excluding hydrogens is 366 g/mol.